The summed E-state index contributed by atoms with van der Waals surface area (Å²) in [7, 11) is 0. The Kier molecular flexibility index (Phi) is 3.77. The first-order valence-corrected chi connectivity index (χ1v) is 5.15. The summed E-state index contributed by atoms with van der Waals surface area (Å²) in [6, 6.07) is 0. The van der Waals surface area contributed by atoms with Crippen LogP contribution in [0.5, 0.6) is 0 Å². The molecule has 0 radical (unpaired) electrons. The molecule has 0 amide bonds. The summed E-state index contributed by atoms with van der Waals surface area (Å²) in [6.45, 7) is 2.34. The molecule has 64 valence electrons. The molecule has 0 atom stereocenters. The van der Waals surface area contributed by atoms with E-state index in [0.717, 1.165) is 5.25 Å². The Hall–Kier alpha value is -0.180. The zero-order valence-corrected chi connectivity index (χ0v) is 7.65. The second-order valence-electron chi connectivity index (χ2n) is 2.67. The maximum absolute atomic E-state index is 10.8. The van der Waals surface area contributed by atoms with Crippen LogP contribution >= 0.6 is 11.8 Å². The topological polar surface area (TPSA) is 26.3 Å². The summed E-state index contributed by atoms with van der Waals surface area (Å²) in [4.78, 5) is 10.8. The number of hydrogen-bond donors (Lipinski definition) is 0. The zero-order chi connectivity index (χ0) is 8.10. The molecule has 0 N–H and O–H groups in total. The van der Waals surface area contributed by atoms with Crippen molar-refractivity contribution in [3.8, 4) is 0 Å². The third-order valence-corrected chi connectivity index (χ3v) is 3.14. The molecule has 1 fully saturated rings. The molecule has 2 nitrogen and oxygen atoms in total. The van der Waals surface area contributed by atoms with Crippen LogP contribution in [0.15, 0.2) is 0 Å². The van der Waals surface area contributed by atoms with Gasteiger partial charge in [0, 0.05) is 5.25 Å². The van der Waals surface area contributed by atoms with Crippen molar-refractivity contribution in [1.29, 1.82) is 0 Å². The minimum absolute atomic E-state index is 0.0654. The van der Waals surface area contributed by atoms with Crippen LogP contribution in [0.2, 0.25) is 0 Å². The van der Waals surface area contributed by atoms with Gasteiger partial charge in [-0.2, -0.15) is 0 Å². The van der Waals surface area contributed by atoms with Crippen LogP contribution in [0.3, 0.4) is 0 Å². The Bertz CT molecular complexity index is 132. The Morgan fingerprint density at radius 2 is 2.36 bits per heavy atom. The van der Waals surface area contributed by atoms with E-state index >= 15 is 0 Å². The van der Waals surface area contributed by atoms with Crippen LogP contribution in [0.1, 0.15) is 26.2 Å². The molecule has 0 bridgehead atoms. The second-order valence-corrected chi connectivity index (χ2v) is 3.96. The highest BCUT2D eigenvalue weighted by molar-refractivity contribution is 8.00. The Morgan fingerprint density at radius 1 is 1.64 bits per heavy atom. The number of ether oxygens (including phenoxy) is 1. The van der Waals surface area contributed by atoms with E-state index in [1.165, 1.54) is 19.3 Å². The molecule has 0 aromatic rings. The highest BCUT2D eigenvalue weighted by Gasteiger charge is 2.18. The van der Waals surface area contributed by atoms with Gasteiger partial charge in [0.05, 0.1) is 12.4 Å². The predicted molar refractivity (Wildman–Crippen MR) is 46.7 cm³/mol. The summed E-state index contributed by atoms with van der Waals surface area (Å²) < 4.78 is 4.80. The Labute approximate surface area is 71.7 Å². The smallest absolute Gasteiger partial charge is 0.315 e. The summed E-state index contributed by atoms with van der Waals surface area (Å²) >= 11 is 1.74. The van der Waals surface area contributed by atoms with E-state index in [2.05, 4.69) is 0 Å². The molecule has 3 heteroatoms. The van der Waals surface area contributed by atoms with Crippen LogP contribution in [-0.4, -0.2) is 23.6 Å². The van der Waals surface area contributed by atoms with Gasteiger partial charge < -0.3 is 4.74 Å². The van der Waals surface area contributed by atoms with Crippen LogP contribution in [0, 0.1) is 0 Å². The van der Waals surface area contributed by atoms with Crippen molar-refractivity contribution in [3.05, 3.63) is 0 Å². The van der Waals surface area contributed by atoms with Crippen LogP contribution in [0.25, 0.3) is 0 Å². The maximum Gasteiger partial charge on any atom is 0.315 e. The molecule has 11 heavy (non-hydrogen) atoms. The largest absolute Gasteiger partial charge is 0.465 e. The number of carbonyl (C=O) groups excluding carboxylic acids is 1. The Morgan fingerprint density at radius 3 is 2.82 bits per heavy atom. The highest BCUT2D eigenvalue weighted by Crippen LogP contribution is 2.30. The number of thioether (sulfide) groups is 1. The predicted octanol–water partition coefficient (Wildman–Crippen LogP) is 1.84. The average Bonchev–Trinajstić information content (AvgIpc) is 1.85. The van der Waals surface area contributed by atoms with Gasteiger partial charge in [-0.15, -0.1) is 11.8 Å². The first kappa shape index (κ1) is 8.91. The lowest BCUT2D eigenvalue weighted by Gasteiger charge is -2.23. The quantitative estimate of drug-likeness (QED) is 0.608. The van der Waals surface area contributed by atoms with Crippen LogP contribution < -0.4 is 0 Å². The lowest BCUT2D eigenvalue weighted by atomic mass is 10.0. The lowest BCUT2D eigenvalue weighted by molar-refractivity contribution is -0.139. The first-order chi connectivity index (χ1) is 5.33. The van der Waals surface area contributed by atoms with Crippen LogP contribution in [-0.2, 0) is 9.53 Å². The summed E-state index contributed by atoms with van der Waals surface area (Å²) in [6.07, 6.45) is 3.90. The van der Waals surface area contributed by atoms with Crippen molar-refractivity contribution >= 4 is 17.7 Å². The molecule has 0 unspecified atom stereocenters. The van der Waals surface area contributed by atoms with Gasteiger partial charge in [0.15, 0.2) is 0 Å². The van der Waals surface area contributed by atoms with Crippen molar-refractivity contribution in [2.45, 2.75) is 31.4 Å². The molecular weight excluding hydrogens is 160 g/mol. The number of hydrogen-bond acceptors (Lipinski definition) is 3. The molecule has 0 aromatic carbocycles. The van der Waals surface area contributed by atoms with Gasteiger partial charge in [-0.05, 0) is 19.8 Å². The Balaban J connectivity index is 1.96. The fraction of sp³-hybridized carbons (Fsp3) is 0.875. The molecular formula is C8H14O2S. The standard InChI is InChI=1S/C8H14O2S/c1-2-10-8(9)6-11-7-4-3-5-7/h7H,2-6H2,1H3. The minimum atomic E-state index is -0.0654. The molecule has 0 spiro atoms. The van der Waals surface area contributed by atoms with Gasteiger partial charge in [0.25, 0.3) is 0 Å². The number of carbonyl (C=O) groups is 1. The van der Waals surface area contributed by atoms with E-state index in [1.807, 2.05) is 6.92 Å². The van der Waals surface area contributed by atoms with E-state index in [1.54, 1.807) is 11.8 Å². The monoisotopic (exact) mass is 174 g/mol. The fourth-order valence-corrected chi connectivity index (χ4v) is 2.05. The van der Waals surface area contributed by atoms with Crippen molar-refractivity contribution in [2.75, 3.05) is 12.4 Å². The fourth-order valence-electron chi connectivity index (χ4n) is 0.926. The van der Waals surface area contributed by atoms with Gasteiger partial charge in [-0.3, -0.25) is 4.79 Å². The molecule has 0 aromatic heterocycles. The SMILES string of the molecule is CCOC(=O)CSC1CCC1. The van der Waals surface area contributed by atoms with Gasteiger partial charge in [0.2, 0.25) is 0 Å². The molecule has 1 aliphatic carbocycles. The van der Waals surface area contributed by atoms with Crippen molar-refractivity contribution < 1.29 is 9.53 Å². The molecule has 1 saturated carbocycles. The van der Waals surface area contributed by atoms with E-state index < -0.39 is 0 Å². The van der Waals surface area contributed by atoms with E-state index in [0.29, 0.717) is 12.4 Å². The molecule has 0 heterocycles. The number of rotatable bonds is 4. The van der Waals surface area contributed by atoms with E-state index in [4.69, 9.17) is 4.74 Å². The van der Waals surface area contributed by atoms with Gasteiger partial charge in [0.1, 0.15) is 0 Å². The van der Waals surface area contributed by atoms with Gasteiger partial charge >= 0.3 is 5.97 Å². The number of esters is 1. The minimum Gasteiger partial charge on any atom is -0.465 e. The van der Waals surface area contributed by atoms with Gasteiger partial charge in [-0.25, -0.2) is 0 Å². The average molecular weight is 174 g/mol. The normalized spacial score (nSPS) is 17.5. The van der Waals surface area contributed by atoms with Crippen LogP contribution in [0.4, 0.5) is 0 Å². The molecule has 0 saturated heterocycles. The van der Waals surface area contributed by atoms with Crippen molar-refractivity contribution in [3.63, 3.8) is 0 Å². The van der Waals surface area contributed by atoms with E-state index in [9.17, 15) is 4.79 Å². The highest BCUT2D eigenvalue weighted by atomic mass is 32.2. The third kappa shape index (κ3) is 3.14. The summed E-state index contributed by atoms with van der Waals surface area (Å²) in [5.74, 6) is 0.475. The van der Waals surface area contributed by atoms with Crippen molar-refractivity contribution in [2.24, 2.45) is 0 Å². The third-order valence-electron chi connectivity index (χ3n) is 1.79. The maximum atomic E-state index is 10.8. The molecule has 1 rings (SSSR count). The van der Waals surface area contributed by atoms with E-state index in [-0.39, 0.29) is 5.97 Å². The molecule has 1 aliphatic rings. The second kappa shape index (κ2) is 4.65. The first-order valence-electron chi connectivity index (χ1n) is 4.10. The van der Waals surface area contributed by atoms with Gasteiger partial charge in [-0.1, -0.05) is 6.42 Å². The summed E-state index contributed by atoms with van der Waals surface area (Å²) in [5.41, 5.74) is 0. The lowest BCUT2D eigenvalue weighted by Crippen LogP contribution is -2.17. The van der Waals surface area contributed by atoms with Crippen molar-refractivity contribution in [1.82, 2.24) is 0 Å². The summed E-state index contributed by atoms with van der Waals surface area (Å²) in [5, 5.41) is 0.736. The zero-order valence-electron chi connectivity index (χ0n) is 6.84. The molecule has 0 aliphatic heterocycles.